The molecule has 3 nitrogen and oxygen atoms in total. The minimum atomic E-state index is -0.0881. The van der Waals surface area contributed by atoms with Crippen LogP contribution in [0.3, 0.4) is 0 Å². The van der Waals surface area contributed by atoms with Crippen molar-refractivity contribution in [3.05, 3.63) is 59.7 Å². The van der Waals surface area contributed by atoms with Crippen LogP contribution in [-0.2, 0) is 6.54 Å². The Bertz CT molecular complexity index is 511. The molecule has 2 aromatic carbocycles. The van der Waals surface area contributed by atoms with Crippen LogP contribution in [0.1, 0.15) is 24.1 Å². The second kappa shape index (κ2) is 5.56. The van der Waals surface area contributed by atoms with E-state index >= 15 is 0 Å². The number of phenolic OH excluding ortho intramolecular Hbond substituents is 2. The molecule has 0 aliphatic heterocycles. The van der Waals surface area contributed by atoms with E-state index in [1.807, 2.05) is 18.2 Å². The molecule has 3 N–H and O–H groups in total. The van der Waals surface area contributed by atoms with E-state index in [-0.39, 0.29) is 17.5 Å². The van der Waals surface area contributed by atoms with Gasteiger partial charge in [-0.25, -0.2) is 0 Å². The first-order chi connectivity index (χ1) is 8.66. The first-order valence-corrected chi connectivity index (χ1v) is 5.96. The van der Waals surface area contributed by atoms with E-state index in [0.29, 0.717) is 6.54 Å². The largest absolute Gasteiger partial charge is 0.504 e. The van der Waals surface area contributed by atoms with Crippen molar-refractivity contribution in [3.63, 3.8) is 0 Å². The van der Waals surface area contributed by atoms with Crippen LogP contribution >= 0.6 is 0 Å². The third kappa shape index (κ3) is 3.02. The fourth-order valence-corrected chi connectivity index (χ4v) is 1.81. The lowest BCUT2D eigenvalue weighted by Crippen LogP contribution is -2.17. The lowest BCUT2D eigenvalue weighted by molar-refractivity contribution is 0.402. The van der Waals surface area contributed by atoms with E-state index in [4.69, 9.17) is 0 Å². The van der Waals surface area contributed by atoms with Gasteiger partial charge in [-0.3, -0.25) is 0 Å². The molecule has 1 atom stereocenters. The molecule has 0 aliphatic carbocycles. The highest BCUT2D eigenvalue weighted by Gasteiger charge is 2.05. The zero-order valence-corrected chi connectivity index (χ0v) is 10.3. The molecule has 0 saturated carbocycles. The third-order valence-corrected chi connectivity index (χ3v) is 2.95. The summed E-state index contributed by atoms with van der Waals surface area (Å²) in [6.07, 6.45) is 0. The Hall–Kier alpha value is -2.00. The fraction of sp³-hybridized carbons (Fsp3) is 0.200. The summed E-state index contributed by atoms with van der Waals surface area (Å²) in [4.78, 5) is 0. The SMILES string of the molecule is C[C@@H](NCc1ccc(O)c(O)c1)c1ccccc1. The zero-order chi connectivity index (χ0) is 13.0. The lowest BCUT2D eigenvalue weighted by atomic mass is 10.1. The standard InChI is InChI=1S/C15H17NO2/c1-11(13-5-3-2-4-6-13)16-10-12-7-8-14(17)15(18)9-12/h2-9,11,16-18H,10H2,1H3/t11-/m1/s1. The molecule has 3 heteroatoms. The number of aromatic hydroxyl groups is 2. The van der Waals surface area contributed by atoms with Crippen molar-refractivity contribution in [1.82, 2.24) is 5.32 Å². The van der Waals surface area contributed by atoms with Crippen molar-refractivity contribution >= 4 is 0 Å². The van der Waals surface area contributed by atoms with Gasteiger partial charge in [-0.2, -0.15) is 0 Å². The first-order valence-electron chi connectivity index (χ1n) is 5.96. The van der Waals surface area contributed by atoms with Gasteiger partial charge in [-0.05, 0) is 30.2 Å². The Balaban J connectivity index is 1.97. The van der Waals surface area contributed by atoms with Crippen LogP contribution in [0.5, 0.6) is 11.5 Å². The maximum Gasteiger partial charge on any atom is 0.157 e. The minimum Gasteiger partial charge on any atom is -0.504 e. The van der Waals surface area contributed by atoms with E-state index in [1.54, 1.807) is 12.1 Å². The molecule has 0 unspecified atom stereocenters. The van der Waals surface area contributed by atoms with Gasteiger partial charge in [0.2, 0.25) is 0 Å². The lowest BCUT2D eigenvalue weighted by Gasteiger charge is -2.14. The molecular weight excluding hydrogens is 226 g/mol. The van der Waals surface area contributed by atoms with Crippen LogP contribution in [0.2, 0.25) is 0 Å². The van der Waals surface area contributed by atoms with Gasteiger partial charge in [0, 0.05) is 12.6 Å². The summed E-state index contributed by atoms with van der Waals surface area (Å²) in [5, 5.41) is 22.0. The molecule has 0 amide bonds. The van der Waals surface area contributed by atoms with Gasteiger partial charge in [-0.15, -0.1) is 0 Å². The molecule has 0 spiro atoms. The average molecular weight is 243 g/mol. The molecular formula is C15H17NO2. The molecule has 0 radical (unpaired) electrons. The maximum atomic E-state index is 9.40. The van der Waals surface area contributed by atoms with E-state index < -0.39 is 0 Å². The van der Waals surface area contributed by atoms with Crippen molar-refractivity contribution in [1.29, 1.82) is 0 Å². The first kappa shape index (κ1) is 12.5. The molecule has 2 aromatic rings. The summed E-state index contributed by atoms with van der Waals surface area (Å²) >= 11 is 0. The molecule has 2 rings (SSSR count). The van der Waals surface area contributed by atoms with Crippen molar-refractivity contribution in [2.75, 3.05) is 0 Å². The van der Waals surface area contributed by atoms with E-state index in [0.717, 1.165) is 5.56 Å². The Morgan fingerprint density at radius 1 is 1.00 bits per heavy atom. The van der Waals surface area contributed by atoms with Crippen molar-refractivity contribution < 1.29 is 10.2 Å². The summed E-state index contributed by atoms with van der Waals surface area (Å²) in [5.41, 5.74) is 2.16. The fourth-order valence-electron chi connectivity index (χ4n) is 1.81. The predicted molar refractivity (Wildman–Crippen MR) is 71.5 cm³/mol. The molecule has 0 heterocycles. The van der Waals surface area contributed by atoms with Crippen LogP contribution in [0, 0.1) is 0 Å². The van der Waals surface area contributed by atoms with Gasteiger partial charge < -0.3 is 15.5 Å². The van der Waals surface area contributed by atoms with Gasteiger partial charge >= 0.3 is 0 Å². The molecule has 0 saturated heterocycles. The van der Waals surface area contributed by atoms with Crippen molar-refractivity contribution in [2.24, 2.45) is 0 Å². The van der Waals surface area contributed by atoms with Gasteiger partial charge in [-0.1, -0.05) is 36.4 Å². The molecule has 0 fully saturated rings. The molecule has 94 valence electrons. The molecule has 0 aliphatic rings. The summed E-state index contributed by atoms with van der Waals surface area (Å²) in [5.74, 6) is -0.170. The highest BCUT2D eigenvalue weighted by Crippen LogP contribution is 2.25. The highest BCUT2D eigenvalue weighted by atomic mass is 16.3. The number of hydrogen-bond acceptors (Lipinski definition) is 3. The summed E-state index contributed by atoms with van der Waals surface area (Å²) < 4.78 is 0. The van der Waals surface area contributed by atoms with Crippen LogP contribution in [-0.4, -0.2) is 10.2 Å². The maximum absolute atomic E-state index is 9.40. The van der Waals surface area contributed by atoms with Crippen LogP contribution in [0.25, 0.3) is 0 Å². The Morgan fingerprint density at radius 2 is 1.72 bits per heavy atom. The summed E-state index contributed by atoms with van der Waals surface area (Å²) in [6.45, 7) is 2.74. The third-order valence-electron chi connectivity index (χ3n) is 2.95. The van der Waals surface area contributed by atoms with Gasteiger partial charge in [0.05, 0.1) is 0 Å². The molecule has 18 heavy (non-hydrogen) atoms. The summed E-state index contributed by atoms with van der Waals surface area (Å²) in [6, 6.07) is 15.3. The Kier molecular flexibility index (Phi) is 3.85. The topological polar surface area (TPSA) is 52.5 Å². The Labute approximate surface area is 107 Å². The van der Waals surface area contributed by atoms with E-state index in [1.165, 1.54) is 11.6 Å². The van der Waals surface area contributed by atoms with Crippen molar-refractivity contribution in [3.8, 4) is 11.5 Å². The zero-order valence-electron chi connectivity index (χ0n) is 10.3. The highest BCUT2D eigenvalue weighted by molar-refractivity contribution is 5.40. The van der Waals surface area contributed by atoms with Crippen molar-refractivity contribution in [2.45, 2.75) is 19.5 Å². The number of phenols is 2. The second-order valence-electron chi connectivity index (χ2n) is 4.34. The second-order valence-corrected chi connectivity index (χ2v) is 4.34. The average Bonchev–Trinajstić information content (AvgIpc) is 2.41. The van der Waals surface area contributed by atoms with Gasteiger partial charge in [0.25, 0.3) is 0 Å². The number of benzene rings is 2. The Morgan fingerprint density at radius 3 is 2.39 bits per heavy atom. The van der Waals surface area contributed by atoms with Crippen LogP contribution < -0.4 is 5.32 Å². The normalized spacial score (nSPS) is 12.3. The smallest absolute Gasteiger partial charge is 0.157 e. The number of nitrogens with one attached hydrogen (secondary N) is 1. The van der Waals surface area contributed by atoms with E-state index in [9.17, 15) is 10.2 Å². The van der Waals surface area contributed by atoms with Crippen LogP contribution in [0.4, 0.5) is 0 Å². The number of rotatable bonds is 4. The van der Waals surface area contributed by atoms with E-state index in [2.05, 4.69) is 24.4 Å². The van der Waals surface area contributed by atoms with Crippen LogP contribution in [0.15, 0.2) is 48.5 Å². The number of hydrogen-bond donors (Lipinski definition) is 3. The van der Waals surface area contributed by atoms with Gasteiger partial charge in [0.1, 0.15) is 0 Å². The predicted octanol–water partition coefficient (Wildman–Crippen LogP) is 2.95. The quantitative estimate of drug-likeness (QED) is 0.724. The minimum absolute atomic E-state index is 0.0818. The monoisotopic (exact) mass is 243 g/mol. The molecule has 0 bridgehead atoms. The van der Waals surface area contributed by atoms with Gasteiger partial charge in [0.15, 0.2) is 11.5 Å². The summed E-state index contributed by atoms with van der Waals surface area (Å²) in [7, 11) is 0. The molecule has 0 aromatic heterocycles.